The van der Waals surface area contributed by atoms with E-state index in [4.69, 9.17) is 5.26 Å². The van der Waals surface area contributed by atoms with Crippen molar-refractivity contribution >= 4 is 0 Å². The van der Waals surface area contributed by atoms with Gasteiger partial charge in [-0.3, -0.25) is 0 Å². The lowest BCUT2D eigenvalue weighted by Crippen LogP contribution is -2.14. The second-order valence-electron chi connectivity index (χ2n) is 1.98. The number of hydrogen-bond donors (Lipinski definition) is 1. The maximum atomic E-state index is 8.46. The lowest BCUT2D eigenvalue weighted by atomic mass is 10.5. The molecule has 0 unspecified atom stereocenters. The van der Waals surface area contributed by atoms with Crippen LogP contribution in [0.15, 0.2) is 11.9 Å². The summed E-state index contributed by atoms with van der Waals surface area (Å²) in [5.74, 6) is 0. The third-order valence-electron chi connectivity index (χ3n) is 1.24. The van der Waals surface area contributed by atoms with Crippen molar-refractivity contribution in [1.29, 1.82) is 5.26 Å². The number of nitriles is 1. The largest absolute Gasteiger partial charge is 0.378 e. The molecule has 0 aromatic heterocycles. The normalized spacial score (nSPS) is 10.4. The molecule has 0 aliphatic rings. The summed E-state index contributed by atoms with van der Waals surface area (Å²) in [5, 5.41) is 11.2. The minimum absolute atomic E-state index is 0.587. The highest BCUT2D eigenvalue weighted by atomic mass is 15.1. The molecule has 0 aromatic carbocycles. The number of rotatable bonds is 3. The van der Waals surface area contributed by atoms with Gasteiger partial charge in [-0.2, -0.15) is 5.26 Å². The fraction of sp³-hybridized carbons (Fsp3) is 0.571. The van der Waals surface area contributed by atoms with Crippen molar-refractivity contribution in [2.75, 3.05) is 20.6 Å². The van der Waals surface area contributed by atoms with Crippen molar-refractivity contribution < 1.29 is 0 Å². The van der Waals surface area contributed by atoms with Gasteiger partial charge < -0.3 is 10.2 Å². The third kappa shape index (κ3) is 2.98. The number of nitrogens with zero attached hydrogens (tertiary/aromatic N) is 2. The second kappa shape index (κ2) is 4.68. The number of hydrogen-bond acceptors (Lipinski definition) is 3. The first-order chi connectivity index (χ1) is 4.74. The van der Waals surface area contributed by atoms with Gasteiger partial charge in [-0.1, -0.05) is 0 Å². The van der Waals surface area contributed by atoms with Crippen molar-refractivity contribution in [2.45, 2.75) is 6.92 Å². The van der Waals surface area contributed by atoms with Gasteiger partial charge in [-0.25, -0.2) is 0 Å². The molecule has 0 bridgehead atoms. The summed E-state index contributed by atoms with van der Waals surface area (Å²) in [7, 11) is 3.66. The van der Waals surface area contributed by atoms with Crippen LogP contribution in [0, 0.1) is 11.3 Å². The summed E-state index contributed by atoms with van der Waals surface area (Å²) in [4.78, 5) is 1.94. The Labute approximate surface area is 61.9 Å². The molecule has 3 nitrogen and oxygen atoms in total. The van der Waals surface area contributed by atoms with E-state index in [-0.39, 0.29) is 0 Å². The van der Waals surface area contributed by atoms with Gasteiger partial charge >= 0.3 is 0 Å². The molecule has 10 heavy (non-hydrogen) atoms. The molecule has 0 spiro atoms. The van der Waals surface area contributed by atoms with Gasteiger partial charge in [-0.05, 0) is 6.92 Å². The summed E-state index contributed by atoms with van der Waals surface area (Å²) in [6, 6.07) is 2.03. The predicted octanol–water partition coefficient (Wildman–Crippen LogP) is 0.522. The highest BCUT2D eigenvalue weighted by Gasteiger charge is 1.90. The van der Waals surface area contributed by atoms with Gasteiger partial charge in [0.25, 0.3) is 0 Å². The van der Waals surface area contributed by atoms with Crippen LogP contribution in [0.25, 0.3) is 0 Å². The van der Waals surface area contributed by atoms with Gasteiger partial charge in [0.1, 0.15) is 11.8 Å². The van der Waals surface area contributed by atoms with Gasteiger partial charge in [-0.15, -0.1) is 0 Å². The molecule has 0 radical (unpaired) electrons. The molecule has 0 amide bonds. The SMILES string of the molecule is CCN(C)/C=C(/C#N)NC. The molecule has 0 atom stereocenters. The van der Waals surface area contributed by atoms with E-state index < -0.39 is 0 Å². The van der Waals surface area contributed by atoms with Gasteiger partial charge in [0, 0.05) is 26.8 Å². The fourth-order valence-corrected chi connectivity index (χ4v) is 0.461. The average Bonchev–Trinajstić information content (AvgIpc) is 1.99. The molecule has 0 aliphatic heterocycles. The molecule has 56 valence electrons. The summed E-state index contributed by atoms with van der Waals surface area (Å²) in [5.41, 5.74) is 0.587. The van der Waals surface area contributed by atoms with Crippen molar-refractivity contribution in [3.8, 4) is 6.07 Å². The van der Waals surface area contributed by atoms with Crippen LogP contribution in [0.3, 0.4) is 0 Å². The van der Waals surface area contributed by atoms with Crippen molar-refractivity contribution in [3.63, 3.8) is 0 Å². The zero-order chi connectivity index (χ0) is 7.98. The Kier molecular flexibility index (Phi) is 4.14. The Balaban J connectivity index is 4.00. The lowest BCUT2D eigenvalue weighted by Gasteiger charge is -2.10. The van der Waals surface area contributed by atoms with E-state index in [9.17, 15) is 0 Å². The van der Waals surface area contributed by atoms with E-state index in [1.165, 1.54) is 0 Å². The Hall–Kier alpha value is -1.17. The number of allylic oxidation sites excluding steroid dienone is 1. The Bertz CT molecular complexity index is 155. The predicted molar refractivity (Wildman–Crippen MR) is 41.1 cm³/mol. The first-order valence-electron chi connectivity index (χ1n) is 3.24. The molecule has 0 fully saturated rings. The topological polar surface area (TPSA) is 39.1 Å². The summed E-state index contributed by atoms with van der Waals surface area (Å²) in [6.45, 7) is 2.94. The van der Waals surface area contributed by atoms with E-state index in [2.05, 4.69) is 5.32 Å². The highest BCUT2D eigenvalue weighted by molar-refractivity contribution is 5.16. The van der Waals surface area contributed by atoms with E-state index in [1.807, 2.05) is 24.9 Å². The maximum absolute atomic E-state index is 8.46. The molecular formula is C7H13N3. The van der Waals surface area contributed by atoms with Crippen LogP contribution in [-0.4, -0.2) is 25.5 Å². The van der Waals surface area contributed by atoms with Crippen molar-refractivity contribution in [3.05, 3.63) is 11.9 Å². The minimum atomic E-state index is 0.587. The molecule has 0 aromatic rings. The van der Waals surface area contributed by atoms with E-state index in [0.29, 0.717) is 5.70 Å². The summed E-state index contributed by atoms with van der Waals surface area (Å²) >= 11 is 0. The van der Waals surface area contributed by atoms with E-state index in [0.717, 1.165) is 6.54 Å². The summed E-state index contributed by atoms with van der Waals surface area (Å²) < 4.78 is 0. The maximum Gasteiger partial charge on any atom is 0.129 e. The molecule has 0 saturated carbocycles. The second-order valence-corrected chi connectivity index (χ2v) is 1.98. The van der Waals surface area contributed by atoms with Crippen LogP contribution in [0.1, 0.15) is 6.92 Å². The smallest absolute Gasteiger partial charge is 0.129 e. The first-order valence-corrected chi connectivity index (χ1v) is 3.24. The molecule has 0 heterocycles. The third-order valence-corrected chi connectivity index (χ3v) is 1.24. The molecule has 0 saturated heterocycles. The molecule has 0 aliphatic carbocycles. The Morgan fingerprint density at radius 2 is 2.40 bits per heavy atom. The minimum Gasteiger partial charge on any atom is -0.378 e. The standard InChI is InChI=1S/C7H13N3/c1-4-10(3)6-7(5-8)9-2/h6,9H,4H2,1-3H3/b7-6-. The van der Waals surface area contributed by atoms with Crippen LogP contribution < -0.4 is 5.32 Å². The Morgan fingerprint density at radius 3 is 2.70 bits per heavy atom. The van der Waals surface area contributed by atoms with Crippen LogP contribution in [0.2, 0.25) is 0 Å². The van der Waals surface area contributed by atoms with Crippen molar-refractivity contribution in [2.24, 2.45) is 0 Å². The van der Waals surface area contributed by atoms with Crippen LogP contribution in [0.4, 0.5) is 0 Å². The lowest BCUT2D eigenvalue weighted by molar-refractivity contribution is 0.479. The van der Waals surface area contributed by atoms with E-state index >= 15 is 0 Å². The monoisotopic (exact) mass is 139 g/mol. The highest BCUT2D eigenvalue weighted by Crippen LogP contribution is 1.88. The fourth-order valence-electron chi connectivity index (χ4n) is 0.461. The van der Waals surface area contributed by atoms with Gasteiger partial charge in [0.05, 0.1) is 0 Å². The van der Waals surface area contributed by atoms with Gasteiger partial charge in [0.15, 0.2) is 0 Å². The number of nitrogens with one attached hydrogen (secondary N) is 1. The molecular weight excluding hydrogens is 126 g/mol. The zero-order valence-electron chi connectivity index (χ0n) is 6.68. The zero-order valence-corrected chi connectivity index (χ0v) is 6.68. The molecule has 3 heteroatoms. The van der Waals surface area contributed by atoms with Crippen LogP contribution >= 0.6 is 0 Å². The Morgan fingerprint density at radius 1 is 1.80 bits per heavy atom. The molecule has 1 N–H and O–H groups in total. The first kappa shape index (κ1) is 8.83. The quantitative estimate of drug-likeness (QED) is 0.579. The summed E-state index contributed by atoms with van der Waals surface area (Å²) in [6.07, 6.45) is 1.78. The van der Waals surface area contributed by atoms with Crippen LogP contribution in [0.5, 0.6) is 0 Å². The van der Waals surface area contributed by atoms with E-state index in [1.54, 1.807) is 13.2 Å². The van der Waals surface area contributed by atoms with Crippen molar-refractivity contribution in [1.82, 2.24) is 10.2 Å². The average molecular weight is 139 g/mol. The van der Waals surface area contributed by atoms with Crippen LogP contribution in [-0.2, 0) is 0 Å². The molecule has 0 rings (SSSR count). The van der Waals surface area contributed by atoms with Gasteiger partial charge in [0.2, 0.25) is 0 Å².